The van der Waals surface area contributed by atoms with Crippen LogP contribution in [0.2, 0.25) is 0 Å². The molecule has 84 valence electrons. The van der Waals surface area contributed by atoms with E-state index in [1.165, 1.54) is 13.2 Å². The first kappa shape index (κ1) is 36.8. The van der Waals surface area contributed by atoms with Gasteiger partial charge in [-0.2, -0.15) is 13.3 Å². The zero-order chi connectivity index (χ0) is 8.41. The Kier molecular flexibility index (Phi) is 99.6. The Balaban J connectivity index is -0.0000000208. The predicted molar refractivity (Wildman–Crippen MR) is 58.6 cm³/mol. The summed E-state index contributed by atoms with van der Waals surface area (Å²) in [6, 6.07) is 0. The van der Waals surface area contributed by atoms with Crippen LogP contribution in [0.25, 0.3) is 0 Å². The summed E-state index contributed by atoms with van der Waals surface area (Å²) in [5.41, 5.74) is 0. The molecule has 5 heteroatoms. The second-order valence-electron chi connectivity index (χ2n) is 1.46. The fraction of sp³-hybridized carbons (Fsp3) is 0.667. The van der Waals surface area contributed by atoms with Gasteiger partial charge in [-0.15, -0.1) is 0 Å². The summed E-state index contributed by atoms with van der Waals surface area (Å²) in [5.74, 6) is 0. The van der Waals surface area contributed by atoms with E-state index in [1.54, 1.807) is 13.5 Å². The maximum absolute atomic E-state index is 9.50. The van der Waals surface area contributed by atoms with Gasteiger partial charge in [-0.1, -0.05) is 14.9 Å². The van der Waals surface area contributed by atoms with Gasteiger partial charge in [0.1, 0.15) is 0 Å². The molecule has 0 aromatic heterocycles. The van der Waals surface area contributed by atoms with Gasteiger partial charge in [0.25, 0.3) is 0 Å². The molecule has 1 unspecified atom stereocenters. The van der Waals surface area contributed by atoms with Crippen LogP contribution in [-0.2, 0) is 42.3 Å². The predicted octanol–water partition coefficient (Wildman–Crippen LogP) is 1.04. The molecule has 14 heavy (non-hydrogen) atoms. The van der Waals surface area contributed by atoms with Crippen LogP contribution in [-0.4, -0.2) is 25.9 Å². The van der Waals surface area contributed by atoms with Crippen LogP contribution in [0.15, 0.2) is 0 Å². The Morgan fingerprint density at radius 1 is 1.21 bits per heavy atom. The molecular formula is C9H23N2O2Y. The quantitative estimate of drug-likeness (QED) is 0.461. The summed E-state index contributed by atoms with van der Waals surface area (Å²) in [6.45, 7) is 3.14. The molecule has 0 aliphatic carbocycles. The number of rotatable bonds is 3. The van der Waals surface area contributed by atoms with Crippen molar-refractivity contribution in [3.8, 4) is 0 Å². The summed E-state index contributed by atoms with van der Waals surface area (Å²) < 4.78 is 0. The van der Waals surface area contributed by atoms with Gasteiger partial charge in [0.2, 0.25) is 0 Å². The van der Waals surface area contributed by atoms with Crippen molar-refractivity contribution in [2.45, 2.75) is 34.9 Å². The number of carbonyl (C=O) groups excluding carboxylic acids is 2. The summed E-state index contributed by atoms with van der Waals surface area (Å²) in [6.07, 6.45) is 3.08. The van der Waals surface area contributed by atoms with Gasteiger partial charge >= 0.3 is 32.7 Å². The molecule has 0 rings (SSSR count). The summed E-state index contributed by atoms with van der Waals surface area (Å²) in [4.78, 5) is 18.2. The smallest absolute Gasteiger partial charge is 0.542 e. The average molecular weight is 280 g/mol. The van der Waals surface area contributed by atoms with E-state index < -0.39 is 0 Å². The molecule has 1 atom stereocenters. The average Bonchev–Trinajstić information content (AvgIpc) is 1.90. The molecule has 2 N–H and O–H groups in total. The molecule has 1 amide bonds. The van der Waals surface area contributed by atoms with Crippen LogP contribution in [0, 0.1) is 7.43 Å². The normalized spacial score (nSPS) is 7.36. The van der Waals surface area contributed by atoms with Gasteiger partial charge in [-0.25, -0.2) is 0 Å². The van der Waals surface area contributed by atoms with Crippen molar-refractivity contribution in [1.29, 1.82) is 0 Å². The second-order valence-corrected chi connectivity index (χ2v) is 1.46. The minimum atomic E-state index is 0. The fourth-order valence-electron chi connectivity index (χ4n) is 0.161. The van der Waals surface area contributed by atoms with E-state index in [0.717, 1.165) is 0 Å². The minimum absolute atomic E-state index is 0. The SMILES string of the molecule is C.C.CNC(C)N[C-]=O.C[C-]=O.[CH3-].[Y+3]. The van der Waals surface area contributed by atoms with Crippen molar-refractivity contribution >= 4 is 12.7 Å². The molecule has 0 aliphatic rings. The van der Waals surface area contributed by atoms with Crippen molar-refractivity contribution in [1.82, 2.24) is 10.6 Å². The van der Waals surface area contributed by atoms with Crippen LogP contribution in [0.5, 0.6) is 0 Å². The molecule has 0 heterocycles. The van der Waals surface area contributed by atoms with E-state index in [4.69, 9.17) is 4.79 Å². The van der Waals surface area contributed by atoms with E-state index in [9.17, 15) is 4.79 Å². The largest absolute Gasteiger partial charge is 3.00 e. The Morgan fingerprint density at radius 3 is 1.57 bits per heavy atom. The van der Waals surface area contributed by atoms with Crippen LogP contribution >= 0.6 is 0 Å². The topological polar surface area (TPSA) is 58.2 Å². The Labute approximate surface area is 114 Å². The molecule has 0 spiro atoms. The number of amides is 1. The van der Waals surface area contributed by atoms with Gasteiger partial charge in [-0.05, 0) is 14.0 Å². The fourth-order valence-corrected chi connectivity index (χ4v) is 0.161. The van der Waals surface area contributed by atoms with Gasteiger partial charge in [-0.3, -0.25) is 6.29 Å². The standard InChI is InChI=1S/C4H9N2O.C2H3O.2CH4.CH3.Y/c1-4(5-2)6-3-7;1-2-3;;;;/h4-5H,1-2H3,(H,6,7);1H3;2*1H4;1H3;/q2*-1;;;-1;+3. The van der Waals surface area contributed by atoms with Crippen LogP contribution < -0.4 is 10.6 Å². The maximum atomic E-state index is 9.50. The third-order valence-corrected chi connectivity index (χ3v) is 0.708. The monoisotopic (exact) mass is 280 g/mol. The van der Waals surface area contributed by atoms with Gasteiger partial charge in [0.05, 0.1) is 0 Å². The second kappa shape index (κ2) is 37.9. The minimum Gasteiger partial charge on any atom is -0.542 e. The van der Waals surface area contributed by atoms with Gasteiger partial charge in [0.15, 0.2) is 0 Å². The van der Waals surface area contributed by atoms with Crippen LogP contribution in [0.3, 0.4) is 0 Å². The molecular weight excluding hydrogens is 257 g/mol. The third kappa shape index (κ3) is 56.6. The molecule has 0 fully saturated rings. The first-order valence-electron chi connectivity index (χ1n) is 2.81. The van der Waals surface area contributed by atoms with Crippen molar-refractivity contribution in [2.75, 3.05) is 7.05 Å². The summed E-state index contributed by atoms with van der Waals surface area (Å²) in [7, 11) is 1.76. The zero-order valence-electron chi connectivity index (χ0n) is 7.97. The molecule has 0 aromatic carbocycles. The third-order valence-electron chi connectivity index (χ3n) is 0.708. The molecule has 0 radical (unpaired) electrons. The van der Waals surface area contributed by atoms with Crippen LogP contribution in [0.1, 0.15) is 28.7 Å². The first-order valence-corrected chi connectivity index (χ1v) is 2.81. The van der Waals surface area contributed by atoms with E-state index >= 15 is 0 Å². The van der Waals surface area contributed by atoms with Crippen molar-refractivity contribution in [2.24, 2.45) is 0 Å². The first-order chi connectivity index (χ1) is 4.72. The molecule has 0 bridgehead atoms. The van der Waals surface area contributed by atoms with E-state index in [1.807, 2.05) is 6.92 Å². The molecule has 0 saturated carbocycles. The molecule has 4 nitrogen and oxygen atoms in total. The summed E-state index contributed by atoms with van der Waals surface area (Å²) >= 11 is 0. The maximum Gasteiger partial charge on any atom is 3.00 e. The number of hydrogen-bond donors (Lipinski definition) is 2. The zero-order valence-corrected chi connectivity index (χ0v) is 10.8. The van der Waals surface area contributed by atoms with Crippen molar-refractivity contribution in [3.05, 3.63) is 7.43 Å². The Bertz CT molecular complexity index is 92.9. The van der Waals surface area contributed by atoms with Gasteiger partial charge in [0, 0.05) is 6.17 Å². The van der Waals surface area contributed by atoms with E-state index in [-0.39, 0.29) is 61.2 Å². The van der Waals surface area contributed by atoms with E-state index in [0.29, 0.717) is 0 Å². The Morgan fingerprint density at radius 2 is 1.50 bits per heavy atom. The Hall–Kier alpha value is 0.204. The number of nitrogens with one attached hydrogen (secondary N) is 2. The molecule has 0 aromatic rings. The van der Waals surface area contributed by atoms with Gasteiger partial charge < -0.3 is 27.6 Å². The number of hydrogen-bond acceptors (Lipinski definition) is 3. The van der Waals surface area contributed by atoms with E-state index in [2.05, 4.69) is 10.6 Å². The van der Waals surface area contributed by atoms with Crippen LogP contribution in [0.4, 0.5) is 0 Å². The molecule has 0 aliphatic heterocycles. The van der Waals surface area contributed by atoms with Crippen molar-refractivity contribution in [3.63, 3.8) is 0 Å². The summed E-state index contributed by atoms with van der Waals surface area (Å²) in [5, 5.41) is 5.17. The van der Waals surface area contributed by atoms with Crippen molar-refractivity contribution < 1.29 is 42.3 Å². The molecule has 0 saturated heterocycles.